The Labute approximate surface area is 118 Å². The molecule has 0 aromatic carbocycles. The van der Waals surface area contributed by atoms with E-state index in [0.717, 1.165) is 34.1 Å². The van der Waals surface area contributed by atoms with Gasteiger partial charge < -0.3 is 5.73 Å². The van der Waals surface area contributed by atoms with Crippen LogP contribution < -0.4 is 5.73 Å². The maximum Gasteiger partial charge on any atom is 0.173 e. The van der Waals surface area contributed by atoms with Crippen LogP contribution in [-0.4, -0.2) is 5.78 Å². The van der Waals surface area contributed by atoms with Crippen LogP contribution in [-0.2, 0) is 0 Å². The molecule has 1 heterocycles. The van der Waals surface area contributed by atoms with E-state index in [4.69, 9.17) is 5.73 Å². The van der Waals surface area contributed by atoms with Crippen molar-refractivity contribution in [3.8, 4) is 0 Å². The van der Waals surface area contributed by atoms with Crippen LogP contribution in [0.25, 0.3) is 0 Å². The largest absolute Gasteiger partial charge is 0.391 e. The highest BCUT2D eigenvalue weighted by Gasteiger charge is 2.51. The van der Waals surface area contributed by atoms with Crippen molar-refractivity contribution >= 4 is 22.1 Å². The first-order valence-corrected chi connectivity index (χ1v) is 8.32. The fraction of sp³-hybridized carbons (Fsp3) is 0.688. The Morgan fingerprint density at radius 1 is 1.16 bits per heavy atom. The fourth-order valence-electron chi connectivity index (χ4n) is 5.44. The molecule has 0 aliphatic heterocycles. The van der Waals surface area contributed by atoms with E-state index in [1.165, 1.54) is 49.9 Å². The van der Waals surface area contributed by atoms with Gasteiger partial charge in [-0.2, -0.15) is 0 Å². The second-order valence-electron chi connectivity index (χ2n) is 7.22. The smallest absolute Gasteiger partial charge is 0.173 e. The molecule has 0 unspecified atom stereocenters. The molecule has 4 bridgehead atoms. The summed E-state index contributed by atoms with van der Waals surface area (Å²) in [5.41, 5.74) is 6.10. The molecule has 3 heteroatoms. The topological polar surface area (TPSA) is 43.1 Å². The molecule has 0 saturated heterocycles. The molecule has 4 fully saturated rings. The SMILES string of the molecule is Nc1ccc(C(=O)CC23CC4CC(CC(C4)C2)C3)s1. The highest BCUT2D eigenvalue weighted by atomic mass is 32.1. The quantitative estimate of drug-likeness (QED) is 0.843. The molecule has 0 spiro atoms. The zero-order valence-corrected chi connectivity index (χ0v) is 12.0. The third kappa shape index (κ3) is 2.03. The lowest BCUT2D eigenvalue weighted by Crippen LogP contribution is -2.46. The molecule has 2 nitrogen and oxygen atoms in total. The van der Waals surface area contributed by atoms with Crippen molar-refractivity contribution in [2.45, 2.75) is 44.9 Å². The van der Waals surface area contributed by atoms with Gasteiger partial charge in [0.2, 0.25) is 0 Å². The molecule has 102 valence electrons. The van der Waals surface area contributed by atoms with E-state index in [9.17, 15) is 4.79 Å². The van der Waals surface area contributed by atoms with Crippen molar-refractivity contribution in [1.82, 2.24) is 0 Å². The Morgan fingerprint density at radius 2 is 1.74 bits per heavy atom. The van der Waals surface area contributed by atoms with Gasteiger partial charge in [0.05, 0.1) is 9.88 Å². The van der Waals surface area contributed by atoms with Crippen LogP contribution in [0.5, 0.6) is 0 Å². The lowest BCUT2D eigenvalue weighted by Gasteiger charge is -2.56. The molecule has 4 aliphatic rings. The summed E-state index contributed by atoms with van der Waals surface area (Å²) in [6.45, 7) is 0. The average molecular weight is 275 g/mol. The number of anilines is 1. The number of nitrogens with two attached hydrogens (primary N) is 1. The highest BCUT2D eigenvalue weighted by molar-refractivity contribution is 7.17. The summed E-state index contributed by atoms with van der Waals surface area (Å²) >= 11 is 1.45. The van der Waals surface area contributed by atoms with Crippen LogP contribution in [0, 0.1) is 23.2 Å². The number of nitrogen functional groups attached to an aromatic ring is 1. The molecular weight excluding hydrogens is 254 g/mol. The summed E-state index contributed by atoms with van der Waals surface area (Å²) in [5, 5.41) is 0.758. The second-order valence-corrected chi connectivity index (χ2v) is 8.33. The zero-order chi connectivity index (χ0) is 13.0. The molecule has 1 aromatic heterocycles. The Hall–Kier alpha value is -0.830. The predicted molar refractivity (Wildman–Crippen MR) is 78.3 cm³/mol. The second kappa shape index (κ2) is 4.08. The van der Waals surface area contributed by atoms with Gasteiger partial charge in [-0.1, -0.05) is 0 Å². The van der Waals surface area contributed by atoms with Gasteiger partial charge >= 0.3 is 0 Å². The lowest BCUT2D eigenvalue weighted by molar-refractivity contribution is -0.0523. The molecule has 0 amide bonds. The number of Topliss-reactive ketones (excluding diaryl/α,β-unsaturated/α-hetero) is 1. The van der Waals surface area contributed by atoms with E-state index in [0.29, 0.717) is 11.2 Å². The van der Waals surface area contributed by atoms with E-state index < -0.39 is 0 Å². The first-order chi connectivity index (χ1) is 9.12. The molecule has 4 aliphatic carbocycles. The average Bonchev–Trinajstić information content (AvgIpc) is 2.73. The van der Waals surface area contributed by atoms with Gasteiger partial charge in [-0.25, -0.2) is 0 Å². The molecule has 4 saturated carbocycles. The number of carbonyl (C=O) groups excluding carboxylic acids is 1. The lowest BCUT2D eigenvalue weighted by atomic mass is 9.48. The minimum atomic E-state index is 0.337. The van der Waals surface area contributed by atoms with E-state index in [1.54, 1.807) is 0 Å². The summed E-state index contributed by atoms with van der Waals surface area (Å²) in [6.07, 6.45) is 9.04. The van der Waals surface area contributed by atoms with Gasteiger partial charge in [-0.15, -0.1) is 11.3 Å². The minimum Gasteiger partial charge on any atom is -0.391 e. The van der Waals surface area contributed by atoms with Crippen LogP contribution in [0.4, 0.5) is 5.00 Å². The summed E-state index contributed by atoms with van der Waals surface area (Å²) < 4.78 is 0. The van der Waals surface area contributed by atoms with E-state index in [-0.39, 0.29) is 0 Å². The first kappa shape index (κ1) is 12.0. The van der Waals surface area contributed by atoms with E-state index >= 15 is 0 Å². The van der Waals surface area contributed by atoms with Crippen LogP contribution in [0.3, 0.4) is 0 Å². The van der Waals surface area contributed by atoms with Gasteiger partial charge in [-0.05, 0) is 73.8 Å². The maximum absolute atomic E-state index is 12.5. The van der Waals surface area contributed by atoms with Crippen molar-refractivity contribution in [2.24, 2.45) is 23.2 Å². The highest BCUT2D eigenvalue weighted by Crippen LogP contribution is 2.61. The molecule has 1 aromatic rings. The van der Waals surface area contributed by atoms with Gasteiger partial charge in [0.25, 0.3) is 0 Å². The number of carbonyl (C=O) groups is 1. The Morgan fingerprint density at radius 3 is 2.21 bits per heavy atom. The van der Waals surface area contributed by atoms with Gasteiger partial charge in [0.1, 0.15) is 0 Å². The van der Waals surface area contributed by atoms with Crippen molar-refractivity contribution in [3.05, 3.63) is 17.0 Å². The van der Waals surface area contributed by atoms with E-state index in [1.807, 2.05) is 12.1 Å². The number of ketones is 1. The number of hydrogen-bond donors (Lipinski definition) is 1. The van der Waals surface area contributed by atoms with Crippen LogP contribution in [0.15, 0.2) is 12.1 Å². The molecule has 5 rings (SSSR count). The van der Waals surface area contributed by atoms with E-state index in [2.05, 4.69) is 0 Å². The normalized spacial score (nSPS) is 39.7. The number of rotatable bonds is 3. The summed E-state index contributed by atoms with van der Waals surface area (Å²) in [4.78, 5) is 13.4. The Bertz CT molecular complexity index is 483. The van der Waals surface area contributed by atoms with Crippen molar-refractivity contribution in [2.75, 3.05) is 5.73 Å². The molecular formula is C16H21NOS. The molecule has 0 atom stereocenters. The zero-order valence-electron chi connectivity index (χ0n) is 11.2. The maximum atomic E-state index is 12.5. The standard InChI is InChI=1S/C16H21NOS/c17-15-2-1-14(19-15)13(18)9-16-6-10-3-11(7-16)5-12(4-10)8-16/h1-2,10-12H,3-9,17H2. The fourth-order valence-corrected chi connectivity index (χ4v) is 6.15. The number of thiophene rings is 1. The van der Waals surface area contributed by atoms with Gasteiger partial charge in [-0.3, -0.25) is 4.79 Å². The van der Waals surface area contributed by atoms with Crippen LogP contribution in [0.1, 0.15) is 54.6 Å². The predicted octanol–water partition coefficient (Wildman–Crippen LogP) is 4.12. The molecule has 0 radical (unpaired) electrons. The summed E-state index contributed by atoms with van der Waals surface area (Å²) in [7, 11) is 0. The van der Waals surface area contributed by atoms with Crippen molar-refractivity contribution in [1.29, 1.82) is 0 Å². The monoisotopic (exact) mass is 275 g/mol. The van der Waals surface area contributed by atoms with Crippen molar-refractivity contribution in [3.63, 3.8) is 0 Å². The van der Waals surface area contributed by atoms with Crippen molar-refractivity contribution < 1.29 is 4.79 Å². The van der Waals surface area contributed by atoms with Gasteiger partial charge in [0.15, 0.2) is 5.78 Å². The minimum absolute atomic E-state index is 0.337. The third-order valence-corrected chi connectivity index (χ3v) is 6.56. The summed E-state index contributed by atoms with van der Waals surface area (Å²) in [6, 6.07) is 3.76. The third-order valence-electron chi connectivity index (χ3n) is 5.60. The van der Waals surface area contributed by atoms with Gasteiger partial charge in [0, 0.05) is 6.42 Å². The first-order valence-electron chi connectivity index (χ1n) is 7.50. The Balaban J connectivity index is 1.54. The summed E-state index contributed by atoms with van der Waals surface area (Å²) in [5.74, 6) is 3.11. The van der Waals surface area contributed by atoms with Crippen LogP contribution >= 0.6 is 11.3 Å². The van der Waals surface area contributed by atoms with Crippen LogP contribution in [0.2, 0.25) is 0 Å². The molecule has 2 N–H and O–H groups in total. The molecule has 19 heavy (non-hydrogen) atoms. The number of hydrogen-bond acceptors (Lipinski definition) is 3. The Kier molecular flexibility index (Phi) is 2.57.